The Hall–Kier alpha value is -0.820. The standard InChI is InChI=1S/C26H43NO4S/c1-3-4-5-19(2)14-22(28)6-7-23-24-16-20(15-21(24)17-25(23)29)8-13-32-18-26(30)27-9-11-31-12-10-27/h6-7,15,19,21-25,28-29H,3-5,8-14,16-18H2,1-2H3/b7-6+/t19-,21-,22+,23+,24-,25+/m0/s1. The Morgan fingerprint density at radius 1 is 1.38 bits per heavy atom. The van der Waals surface area contributed by atoms with Crippen molar-refractivity contribution in [2.45, 2.75) is 71.0 Å². The number of hydrogen-bond acceptors (Lipinski definition) is 5. The van der Waals surface area contributed by atoms with Crippen molar-refractivity contribution in [3.05, 3.63) is 23.8 Å². The SMILES string of the molecule is CCCC[C@H](C)C[C@H](O)/C=C/[C@@H]1[C@H]2CC(CCSCC(=O)N3CCOCC3)=C[C@H]2C[C@H]1O. The molecule has 0 aromatic heterocycles. The van der Waals surface area contributed by atoms with Crippen LogP contribution in [0.1, 0.15) is 58.8 Å². The molecule has 1 amide bonds. The Morgan fingerprint density at radius 2 is 2.16 bits per heavy atom. The van der Waals surface area contributed by atoms with Crippen molar-refractivity contribution in [2.24, 2.45) is 23.7 Å². The summed E-state index contributed by atoms with van der Waals surface area (Å²) >= 11 is 1.73. The molecule has 0 spiro atoms. The van der Waals surface area contributed by atoms with Crippen LogP contribution in [0.5, 0.6) is 0 Å². The lowest BCUT2D eigenvalue weighted by Gasteiger charge is -2.26. The fraction of sp³-hybridized carbons (Fsp3) is 0.808. The van der Waals surface area contributed by atoms with Crippen LogP contribution in [0.15, 0.2) is 23.8 Å². The summed E-state index contributed by atoms with van der Waals surface area (Å²) < 4.78 is 5.31. The molecule has 182 valence electrons. The summed E-state index contributed by atoms with van der Waals surface area (Å²) in [6, 6.07) is 0. The second-order valence-electron chi connectivity index (χ2n) is 9.97. The van der Waals surface area contributed by atoms with Gasteiger partial charge in [-0.2, -0.15) is 11.8 Å². The van der Waals surface area contributed by atoms with Gasteiger partial charge < -0.3 is 19.8 Å². The highest BCUT2D eigenvalue weighted by molar-refractivity contribution is 7.99. The van der Waals surface area contributed by atoms with Crippen molar-refractivity contribution in [1.82, 2.24) is 4.90 Å². The number of rotatable bonds is 12. The maximum Gasteiger partial charge on any atom is 0.232 e. The van der Waals surface area contributed by atoms with Crippen molar-refractivity contribution in [1.29, 1.82) is 0 Å². The number of thioether (sulfide) groups is 1. The fourth-order valence-electron chi connectivity index (χ4n) is 5.48. The zero-order valence-corrected chi connectivity index (χ0v) is 20.8. The van der Waals surface area contributed by atoms with Crippen LogP contribution >= 0.6 is 11.8 Å². The first kappa shape index (κ1) is 25.8. The molecular weight excluding hydrogens is 422 g/mol. The topological polar surface area (TPSA) is 70.0 Å². The summed E-state index contributed by atoms with van der Waals surface area (Å²) in [5.41, 5.74) is 1.48. The number of carbonyl (C=O) groups excluding carboxylic acids is 1. The number of nitrogens with zero attached hydrogens (tertiary/aromatic N) is 1. The van der Waals surface area contributed by atoms with Crippen molar-refractivity contribution >= 4 is 17.7 Å². The molecule has 2 fully saturated rings. The predicted molar refractivity (Wildman–Crippen MR) is 132 cm³/mol. The molecule has 2 aliphatic carbocycles. The Balaban J connectivity index is 1.38. The Labute approximate surface area is 198 Å². The van der Waals surface area contributed by atoms with Gasteiger partial charge in [-0.05, 0) is 49.2 Å². The molecule has 2 N–H and O–H groups in total. The number of morpholine rings is 1. The molecular formula is C26H43NO4S. The van der Waals surface area contributed by atoms with Crippen molar-refractivity contribution in [3.63, 3.8) is 0 Å². The van der Waals surface area contributed by atoms with Crippen molar-refractivity contribution in [2.75, 3.05) is 37.8 Å². The minimum atomic E-state index is -0.414. The molecule has 6 atom stereocenters. The molecule has 1 saturated carbocycles. The highest BCUT2D eigenvalue weighted by atomic mass is 32.2. The molecule has 1 aliphatic heterocycles. The van der Waals surface area contributed by atoms with E-state index < -0.39 is 6.10 Å². The van der Waals surface area contributed by atoms with Gasteiger partial charge in [0.1, 0.15) is 0 Å². The molecule has 3 aliphatic rings. The third-order valence-corrected chi connectivity index (χ3v) is 8.30. The molecule has 0 aromatic carbocycles. The number of hydrogen-bond donors (Lipinski definition) is 2. The average molecular weight is 466 g/mol. The van der Waals surface area contributed by atoms with Crippen LogP contribution in [0, 0.1) is 23.7 Å². The Kier molecular flexibility index (Phi) is 10.6. The molecule has 1 heterocycles. The van der Waals surface area contributed by atoms with Gasteiger partial charge in [0.2, 0.25) is 5.91 Å². The van der Waals surface area contributed by atoms with E-state index in [-0.39, 0.29) is 17.9 Å². The molecule has 5 nitrogen and oxygen atoms in total. The lowest BCUT2D eigenvalue weighted by molar-refractivity contribution is -0.132. The van der Waals surface area contributed by atoms with Crippen LogP contribution < -0.4 is 0 Å². The summed E-state index contributed by atoms with van der Waals surface area (Å²) in [5.74, 6) is 3.34. The number of unbranched alkanes of at least 4 members (excludes halogenated alkanes) is 1. The molecule has 0 radical (unpaired) electrons. The molecule has 6 heteroatoms. The molecule has 3 rings (SSSR count). The second kappa shape index (κ2) is 13.2. The van der Waals surface area contributed by atoms with Crippen LogP contribution in [0.2, 0.25) is 0 Å². The van der Waals surface area contributed by atoms with Gasteiger partial charge in [0.15, 0.2) is 0 Å². The number of aliphatic hydroxyl groups excluding tert-OH is 2. The van der Waals surface area contributed by atoms with Crippen LogP contribution in [-0.2, 0) is 9.53 Å². The van der Waals surface area contributed by atoms with E-state index in [2.05, 4.69) is 26.0 Å². The summed E-state index contributed by atoms with van der Waals surface area (Å²) in [7, 11) is 0. The Bertz CT molecular complexity index is 646. The molecule has 32 heavy (non-hydrogen) atoms. The van der Waals surface area contributed by atoms with E-state index in [0.717, 1.165) is 44.5 Å². The van der Waals surface area contributed by atoms with Crippen LogP contribution in [0.25, 0.3) is 0 Å². The Morgan fingerprint density at radius 3 is 2.91 bits per heavy atom. The first-order valence-electron chi connectivity index (χ1n) is 12.6. The van der Waals surface area contributed by atoms with Crippen LogP contribution in [-0.4, -0.2) is 71.0 Å². The zero-order chi connectivity index (χ0) is 22.9. The van der Waals surface area contributed by atoms with E-state index in [1.54, 1.807) is 11.8 Å². The van der Waals surface area contributed by atoms with E-state index in [4.69, 9.17) is 4.74 Å². The highest BCUT2D eigenvalue weighted by Crippen LogP contribution is 2.48. The number of carbonyl (C=O) groups is 1. The highest BCUT2D eigenvalue weighted by Gasteiger charge is 2.43. The van der Waals surface area contributed by atoms with Gasteiger partial charge in [-0.25, -0.2) is 0 Å². The number of fused-ring (bicyclic) bond motifs is 1. The second-order valence-corrected chi connectivity index (χ2v) is 11.1. The fourth-order valence-corrected chi connectivity index (χ4v) is 6.38. The number of allylic oxidation sites excluding steroid dienone is 2. The first-order valence-corrected chi connectivity index (χ1v) is 13.8. The van der Waals surface area contributed by atoms with Crippen LogP contribution in [0.4, 0.5) is 0 Å². The smallest absolute Gasteiger partial charge is 0.232 e. The molecule has 1 saturated heterocycles. The predicted octanol–water partition coefficient (Wildman–Crippen LogP) is 4.05. The van der Waals surface area contributed by atoms with E-state index in [1.807, 2.05) is 11.0 Å². The maximum absolute atomic E-state index is 12.3. The first-order chi connectivity index (χ1) is 15.5. The third kappa shape index (κ3) is 7.61. The number of aliphatic hydroxyl groups is 2. The molecule has 0 aromatic rings. The monoisotopic (exact) mass is 465 g/mol. The van der Waals surface area contributed by atoms with Gasteiger partial charge >= 0.3 is 0 Å². The molecule has 0 bridgehead atoms. The third-order valence-electron chi connectivity index (χ3n) is 7.36. The minimum absolute atomic E-state index is 0.143. The van der Waals surface area contributed by atoms with E-state index >= 15 is 0 Å². The van der Waals surface area contributed by atoms with Gasteiger partial charge in [0.25, 0.3) is 0 Å². The van der Waals surface area contributed by atoms with Crippen molar-refractivity contribution < 1.29 is 19.7 Å². The summed E-state index contributed by atoms with van der Waals surface area (Å²) in [5, 5.41) is 21.0. The normalized spacial score (nSPS) is 29.9. The lowest BCUT2D eigenvalue weighted by atomic mass is 9.88. The average Bonchev–Trinajstić information content (AvgIpc) is 3.30. The van der Waals surface area contributed by atoms with Gasteiger partial charge in [-0.15, -0.1) is 0 Å². The summed E-state index contributed by atoms with van der Waals surface area (Å²) in [6.07, 6.45) is 13.0. The zero-order valence-electron chi connectivity index (χ0n) is 20.0. The van der Waals surface area contributed by atoms with Gasteiger partial charge in [-0.1, -0.05) is 56.9 Å². The number of ether oxygens (including phenoxy) is 1. The van der Waals surface area contributed by atoms with E-state index in [9.17, 15) is 15.0 Å². The lowest BCUT2D eigenvalue weighted by Crippen LogP contribution is -2.41. The minimum Gasteiger partial charge on any atom is -0.392 e. The quantitative estimate of drug-likeness (QED) is 0.336. The van der Waals surface area contributed by atoms with Gasteiger partial charge in [0, 0.05) is 19.0 Å². The largest absolute Gasteiger partial charge is 0.392 e. The van der Waals surface area contributed by atoms with Gasteiger partial charge in [-0.3, -0.25) is 4.79 Å². The maximum atomic E-state index is 12.3. The van der Waals surface area contributed by atoms with E-state index in [0.29, 0.717) is 36.7 Å². The van der Waals surface area contributed by atoms with Gasteiger partial charge in [0.05, 0.1) is 31.2 Å². The van der Waals surface area contributed by atoms with Crippen LogP contribution in [0.3, 0.4) is 0 Å². The number of amides is 1. The summed E-state index contributed by atoms with van der Waals surface area (Å²) in [4.78, 5) is 14.2. The van der Waals surface area contributed by atoms with Crippen molar-refractivity contribution in [3.8, 4) is 0 Å². The van der Waals surface area contributed by atoms with E-state index in [1.165, 1.54) is 24.8 Å². The molecule has 0 unspecified atom stereocenters. The summed E-state index contributed by atoms with van der Waals surface area (Å²) in [6.45, 7) is 7.17.